The van der Waals surface area contributed by atoms with Crippen molar-refractivity contribution >= 4 is 0 Å². The van der Waals surface area contributed by atoms with Crippen molar-refractivity contribution in [3.05, 3.63) is 35.4 Å². The predicted molar refractivity (Wildman–Crippen MR) is 82.1 cm³/mol. The molecule has 0 bridgehead atoms. The largest absolute Gasteiger partial charge is 0.310 e. The van der Waals surface area contributed by atoms with E-state index in [1.807, 2.05) is 0 Å². The summed E-state index contributed by atoms with van der Waals surface area (Å²) in [5.41, 5.74) is 2.83. The van der Waals surface area contributed by atoms with Gasteiger partial charge in [-0.3, -0.25) is 4.90 Å². The van der Waals surface area contributed by atoms with Crippen LogP contribution in [0.15, 0.2) is 24.3 Å². The van der Waals surface area contributed by atoms with E-state index in [-0.39, 0.29) is 0 Å². The standard InChI is InChI=1S/C17H28N2/c1-14(2)18-11-16-6-8-17(9-7-16)13-19-10-4-5-15(3)12-19/h6-9,14-15,18H,4-5,10-13H2,1-3H3. The number of nitrogens with zero attached hydrogens (tertiary/aromatic N) is 1. The number of benzene rings is 1. The molecule has 1 saturated heterocycles. The third-order valence-corrected chi connectivity index (χ3v) is 3.88. The summed E-state index contributed by atoms with van der Waals surface area (Å²) in [5.74, 6) is 0.864. The predicted octanol–water partition coefficient (Wildman–Crippen LogP) is 3.42. The first-order valence-electron chi connectivity index (χ1n) is 7.67. The molecule has 0 aliphatic carbocycles. The highest BCUT2D eigenvalue weighted by Crippen LogP contribution is 2.18. The Morgan fingerprint density at radius 2 is 1.89 bits per heavy atom. The minimum Gasteiger partial charge on any atom is -0.310 e. The van der Waals surface area contributed by atoms with Gasteiger partial charge in [0.15, 0.2) is 0 Å². The fraction of sp³-hybridized carbons (Fsp3) is 0.647. The summed E-state index contributed by atoms with van der Waals surface area (Å²) in [6.07, 6.45) is 2.76. The lowest BCUT2D eigenvalue weighted by Crippen LogP contribution is -2.33. The second kappa shape index (κ2) is 7.06. The second-order valence-electron chi connectivity index (χ2n) is 6.33. The van der Waals surface area contributed by atoms with Crippen LogP contribution in [-0.4, -0.2) is 24.0 Å². The molecule has 0 aromatic heterocycles. The summed E-state index contributed by atoms with van der Waals surface area (Å²) < 4.78 is 0. The Balaban J connectivity index is 1.84. The van der Waals surface area contributed by atoms with Gasteiger partial charge in [-0.2, -0.15) is 0 Å². The monoisotopic (exact) mass is 260 g/mol. The summed E-state index contributed by atoms with van der Waals surface area (Å²) in [4.78, 5) is 2.59. The first-order chi connectivity index (χ1) is 9.13. The Morgan fingerprint density at radius 3 is 2.53 bits per heavy atom. The summed E-state index contributed by atoms with van der Waals surface area (Å²) >= 11 is 0. The van der Waals surface area contributed by atoms with Crippen molar-refractivity contribution in [3.63, 3.8) is 0 Å². The maximum atomic E-state index is 3.46. The van der Waals surface area contributed by atoms with Crippen LogP contribution in [0.5, 0.6) is 0 Å². The van der Waals surface area contributed by atoms with Crippen molar-refractivity contribution in [1.29, 1.82) is 0 Å². The molecule has 0 radical (unpaired) electrons. The van der Waals surface area contributed by atoms with Gasteiger partial charge in [0.05, 0.1) is 0 Å². The topological polar surface area (TPSA) is 15.3 Å². The van der Waals surface area contributed by atoms with E-state index in [0.717, 1.165) is 19.0 Å². The average molecular weight is 260 g/mol. The zero-order valence-electron chi connectivity index (χ0n) is 12.7. The molecule has 0 amide bonds. The lowest BCUT2D eigenvalue weighted by Gasteiger charge is -2.30. The maximum absolute atomic E-state index is 3.46. The smallest absolute Gasteiger partial charge is 0.0233 e. The first kappa shape index (κ1) is 14.5. The lowest BCUT2D eigenvalue weighted by molar-refractivity contribution is 0.176. The minimum absolute atomic E-state index is 0.550. The molecule has 1 aliphatic heterocycles. The van der Waals surface area contributed by atoms with E-state index in [4.69, 9.17) is 0 Å². The molecule has 2 nitrogen and oxygen atoms in total. The third kappa shape index (κ3) is 4.96. The molecule has 0 spiro atoms. The zero-order valence-corrected chi connectivity index (χ0v) is 12.7. The fourth-order valence-corrected chi connectivity index (χ4v) is 2.77. The molecule has 106 valence electrons. The molecule has 1 N–H and O–H groups in total. The van der Waals surface area contributed by atoms with Gasteiger partial charge in [0.1, 0.15) is 0 Å². The molecule has 0 saturated carbocycles. The summed E-state index contributed by atoms with van der Waals surface area (Å²) in [6.45, 7) is 11.4. The summed E-state index contributed by atoms with van der Waals surface area (Å²) in [5, 5.41) is 3.46. The molecule has 1 unspecified atom stereocenters. The van der Waals surface area contributed by atoms with Crippen molar-refractivity contribution in [2.24, 2.45) is 5.92 Å². The molecule has 1 aromatic carbocycles. The van der Waals surface area contributed by atoms with Crippen LogP contribution in [0.3, 0.4) is 0 Å². The Labute approximate surface area is 118 Å². The van der Waals surface area contributed by atoms with Crippen molar-refractivity contribution in [1.82, 2.24) is 10.2 Å². The van der Waals surface area contributed by atoms with Crippen LogP contribution in [0, 0.1) is 5.92 Å². The van der Waals surface area contributed by atoms with Gasteiger partial charge in [-0.25, -0.2) is 0 Å². The van der Waals surface area contributed by atoms with Gasteiger partial charge in [-0.1, -0.05) is 45.0 Å². The van der Waals surface area contributed by atoms with Crippen LogP contribution in [0.2, 0.25) is 0 Å². The van der Waals surface area contributed by atoms with Crippen LogP contribution in [0.25, 0.3) is 0 Å². The molecule has 2 rings (SSSR count). The van der Waals surface area contributed by atoms with Gasteiger partial charge in [0.2, 0.25) is 0 Å². The van der Waals surface area contributed by atoms with E-state index in [1.165, 1.54) is 37.1 Å². The van der Waals surface area contributed by atoms with Crippen LogP contribution >= 0.6 is 0 Å². The molecular formula is C17H28N2. The van der Waals surface area contributed by atoms with Gasteiger partial charge >= 0.3 is 0 Å². The Kier molecular flexibility index (Phi) is 5.41. The van der Waals surface area contributed by atoms with Crippen molar-refractivity contribution in [3.8, 4) is 0 Å². The minimum atomic E-state index is 0.550. The zero-order chi connectivity index (χ0) is 13.7. The van der Waals surface area contributed by atoms with E-state index >= 15 is 0 Å². The van der Waals surface area contributed by atoms with Crippen molar-refractivity contribution in [2.45, 2.75) is 52.7 Å². The summed E-state index contributed by atoms with van der Waals surface area (Å²) in [6, 6.07) is 9.65. The molecule has 1 aliphatic rings. The molecule has 1 atom stereocenters. The molecule has 2 heteroatoms. The van der Waals surface area contributed by atoms with Crippen LogP contribution in [0.1, 0.15) is 44.7 Å². The highest BCUT2D eigenvalue weighted by molar-refractivity contribution is 5.22. The van der Waals surface area contributed by atoms with Gasteiger partial charge in [-0.05, 0) is 36.4 Å². The number of piperidine rings is 1. The Hall–Kier alpha value is -0.860. The Bertz CT molecular complexity index is 369. The van der Waals surface area contributed by atoms with Crippen LogP contribution in [-0.2, 0) is 13.1 Å². The molecule has 19 heavy (non-hydrogen) atoms. The first-order valence-corrected chi connectivity index (χ1v) is 7.67. The van der Waals surface area contributed by atoms with Gasteiger partial charge in [-0.15, -0.1) is 0 Å². The number of hydrogen-bond acceptors (Lipinski definition) is 2. The van der Waals surface area contributed by atoms with Crippen molar-refractivity contribution < 1.29 is 0 Å². The highest BCUT2D eigenvalue weighted by atomic mass is 15.1. The number of likely N-dealkylation sites (tertiary alicyclic amines) is 1. The average Bonchev–Trinajstić information content (AvgIpc) is 2.38. The number of hydrogen-bond donors (Lipinski definition) is 1. The van der Waals surface area contributed by atoms with Crippen LogP contribution < -0.4 is 5.32 Å². The Morgan fingerprint density at radius 1 is 1.21 bits per heavy atom. The quantitative estimate of drug-likeness (QED) is 0.872. The number of nitrogens with one attached hydrogen (secondary N) is 1. The van der Waals surface area contributed by atoms with E-state index in [9.17, 15) is 0 Å². The molecule has 1 fully saturated rings. The highest BCUT2D eigenvalue weighted by Gasteiger charge is 2.15. The van der Waals surface area contributed by atoms with E-state index in [2.05, 4.69) is 55.3 Å². The van der Waals surface area contributed by atoms with E-state index in [1.54, 1.807) is 0 Å². The fourth-order valence-electron chi connectivity index (χ4n) is 2.77. The van der Waals surface area contributed by atoms with E-state index in [0.29, 0.717) is 6.04 Å². The van der Waals surface area contributed by atoms with Gasteiger partial charge in [0, 0.05) is 25.7 Å². The molecular weight excluding hydrogens is 232 g/mol. The van der Waals surface area contributed by atoms with Crippen LogP contribution in [0.4, 0.5) is 0 Å². The normalized spacial score (nSPS) is 20.9. The molecule has 1 heterocycles. The molecule has 1 aromatic rings. The SMILES string of the molecule is CC1CCCN(Cc2ccc(CNC(C)C)cc2)C1. The second-order valence-corrected chi connectivity index (χ2v) is 6.33. The maximum Gasteiger partial charge on any atom is 0.0233 e. The van der Waals surface area contributed by atoms with Gasteiger partial charge in [0.25, 0.3) is 0 Å². The van der Waals surface area contributed by atoms with Crippen molar-refractivity contribution in [2.75, 3.05) is 13.1 Å². The lowest BCUT2D eigenvalue weighted by atomic mass is 9.99. The van der Waals surface area contributed by atoms with Gasteiger partial charge < -0.3 is 5.32 Å². The summed E-state index contributed by atoms with van der Waals surface area (Å²) in [7, 11) is 0. The third-order valence-electron chi connectivity index (χ3n) is 3.88. The number of rotatable bonds is 5. The van der Waals surface area contributed by atoms with E-state index < -0.39 is 0 Å².